The second-order valence-corrected chi connectivity index (χ2v) is 5.84. The Morgan fingerprint density at radius 2 is 1.65 bits per heavy atom. The van der Waals surface area contributed by atoms with Gasteiger partial charge in [0.05, 0.1) is 6.42 Å². The van der Waals surface area contributed by atoms with Crippen molar-refractivity contribution in [2.24, 2.45) is 0 Å². The van der Waals surface area contributed by atoms with Crippen LogP contribution >= 0.6 is 0 Å². The van der Waals surface area contributed by atoms with Crippen LogP contribution in [0.1, 0.15) is 44.7 Å². The number of halogens is 3. The van der Waals surface area contributed by atoms with Gasteiger partial charge >= 0.3 is 6.18 Å². The first-order valence-electron chi connectivity index (χ1n) is 6.51. The molecule has 0 spiro atoms. The molecule has 1 aromatic carbocycles. The molecule has 0 radical (unpaired) electrons. The molecule has 20 heavy (non-hydrogen) atoms. The summed E-state index contributed by atoms with van der Waals surface area (Å²) in [7, 11) is 0. The number of rotatable bonds is 4. The van der Waals surface area contributed by atoms with Crippen molar-refractivity contribution in [3.8, 4) is 0 Å². The minimum Gasteiger partial charge on any atom is -0.352 e. The summed E-state index contributed by atoms with van der Waals surface area (Å²) >= 11 is 0. The molecule has 112 valence electrons. The summed E-state index contributed by atoms with van der Waals surface area (Å²) < 4.78 is 35.9. The Morgan fingerprint density at radius 1 is 1.10 bits per heavy atom. The van der Waals surface area contributed by atoms with E-state index in [1.54, 1.807) is 0 Å². The van der Waals surface area contributed by atoms with Crippen molar-refractivity contribution in [1.82, 2.24) is 5.32 Å². The maximum absolute atomic E-state index is 12.0. The predicted molar refractivity (Wildman–Crippen MR) is 72.3 cm³/mol. The van der Waals surface area contributed by atoms with E-state index >= 15 is 0 Å². The number of benzene rings is 1. The minimum absolute atomic E-state index is 0.0501. The van der Waals surface area contributed by atoms with Gasteiger partial charge in [-0.25, -0.2) is 0 Å². The van der Waals surface area contributed by atoms with Crippen molar-refractivity contribution in [2.75, 3.05) is 0 Å². The molecule has 5 heteroatoms. The average Bonchev–Trinajstić information content (AvgIpc) is 2.32. The Balaban J connectivity index is 2.44. The van der Waals surface area contributed by atoms with Crippen LogP contribution in [0.2, 0.25) is 0 Å². The van der Waals surface area contributed by atoms with Gasteiger partial charge in [0.15, 0.2) is 0 Å². The van der Waals surface area contributed by atoms with Crippen LogP contribution in [-0.4, -0.2) is 12.1 Å². The third-order valence-corrected chi connectivity index (χ3v) is 2.95. The molecule has 0 unspecified atom stereocenters. The number of nitrogens with one attached hydrogen (secondary N) is 1. The molecule has 0 fully saturated rings. The fourth-order valence-corrected chi connectivity index (χ4v) is 1.67. The first-order chi connectivity index (χ1) is 9.08. The maximum atomic E-state index is 12.0. The molecule has 0 saturated carbocycles. The van der Waals surface area contributed by atoms with E-state index in [4.69, 9.17) is 0 Å². The van der Waals surface area contributed by atoms with Crippen molar-refractivity contribution < 1.29 is 18.0 Å². The molecule has 1 amide bonds. The van der Waals surface area contributed by atoms with Crippen LogP contribution in [-0.2, 0) is 16.8 Å². The van der Waals surface area contributed by atoms with Gasteiger partial charge in [-0.1, -0.05) is 45.0 Å². The monoisotopic (exact) mass is 287 g/mol. The molecule has 0 heterocycles. The van der Waals surface area contributed by atoms with Crippen molar-refractivity contribution >= 4 is 5.91 Å². The summed E-state index contributed by atoms with van der Waals surface area (Å²) in [4.78, 5) is 11.3. The van der Waals surface area contributed by atoms with Crippen molar-refractivity contribution in [3.05, 3.63) is 35.4 Å². The van der Waals surface area contributed by atoms with Gasteiger partial charge in [-0.15, -0.1) is 0 Å². The Kier molecular flexibility index (Phi) is 5.20. The smallest absolute Gasteiger partial charge is 0.352 e. The third-order valence-electron chi connectivity index (χ3n) is 2.95. The summed E-state index contributed by atoms with van der Waals surface area (Å²) in [5, 5.41) is 2.49. The van der Waals surface area contributed by atoms with Gasteiger partial charge in [0.1, 0.15) is 0 Å². The topological polar surface area (TPSA) is 29.1 Å². The lowest BCUT2D eigenvalue weighted by molar-refractivity contribution is -0.144. The molecule has 1 N–H and O–H groups in total. The summed E-state index contributed by atoms with van der Waals surface area (Å²) in [5.41, 5.74) is 2.09. The highest BCUT2D eigenvalue weighted by Gasteiger charge is 2.27. The molecular formula is C15H20F3NO. The summed E-state index contributed by atoms with van der Waals surface area (Å²) in [5.74, 6) is -0.581. The second-order valence-electron chi connectivity index (χ2n) is 5.84. The van der Waals surface area contributed by atoms with E-state index in [2.05, 4.69) is 26.1 Å². The lowest BCUT2D eigenvalue weighted by atomic mass is 9.87. The summed E-state index contributed by atoms with van der Waals surface area (Å²) in [6, 6.07) is 7.70. The Labute approximate surface area is 117 Å². The van der Waals surface area contributed by atoms with Gasteiger partial charge in [0, 0.05) is 13.0 Å². The maximum Gasteiger partial charge on any atom is 0.389 e. The summed E-state index contributed by atoms with van der Waals surface area (Å²) in [6.07, 6.45) is -5.89. The Bertz CT molecular complexity index is 444. The van der Waals surface area contributed by atoms with Crippen LogP contribution in [0.15, 0.2) is 24.3 Å². The van der Waals surface area contributed by atoms with Crippen molar-refractivity contribution in [2.45, 2.75) is 51.7 Å². The van der Waals surface area contributed by atoms with Gasteiger partial charge in [-0.2, -0.15) is 13.2 Å². The largest absolute Gasteiger partial charge is 0.389 e. The van der Waals surface area contributed by atoms with Crippen LogP contribution in [0.5, 0.6) is 0 Å². The van der Waals surface area contributed by atoms with Crippen LogP contribution < -0.4 is 5.32 Å². The van der Waals surface area contributed by atoms with E-state index in [0.29, 0.717) is 0 Å². The van der Waals surface area contributed by atoms with Gasteiger partial charge < -0.3 is 5.32 Å². The zero-order valence-electron chi connectivity index (χ0n) is 12.0. The zero-order chi connectivity index (χ0) is 15.4. The normalized spacial score (nSPS) is 12.3. The van der Waals surface area contributed by atoms with E-state index in [9.17, 15) is 18.0 Å². The van der Waals surface area contributed by atoms with Gasteiger partial charge in [-0.05, 0) is 16.5 Å². The molecular weight excluding hydrogens is 267 g/mol. The van der Waals surface area contributed by atoms with Crippen molar-refractivity contribution in [1.29, 1.82) is 0 Å². The van der Waals surface area contributed by atoms with E-state index in [-0.39, 0.29) is 12.0 Å². The van der Waals surface area contributed by atoms with E-state index < -0.39 is 24.9 Å². The SMILES string of the molecule is CC(C)(C)c1ccc(CNC(=O)CCC(F)(F)F)cc1. The van der Waals surface area contributed by atoms with Crippen LogP contribution in [0.4, 0.5) is 13.2 Å². The lowest BCUT2D eigenvalue weighted by Crippen LogP contribution is -2.24. The number of carbonyl (C=O) groups is 1. The molecule has 1 rings (SSSR count). The predicted octanol–water partition coefficient (Wildman–Crippen LogP) is 3.94. The van der Waals surface area contributed by atoms with E-state index in [1.165, 1.54) is 5.56 Å². The van der Waals surface area contributed by atoms with E-state index in [1.807, 2.05) is 24.3 Å². The van der Waals surface area contributed by atoms with Crippen LogP contribution in [0, 0.1) is 0 Å². The minimum atomic E-state index is -4.29. The molecule has 0 atom stereocenters. The van der Waals surface area contributed by atoms with Gasteiger partial charge in [-0.3, -0.25) is 4.79 Å². The number of carbonyl (C=O) groups excluding carboxylic acids is 1. The Hall–Kier alpha value is -1.52. The number of hydrogen-bond acceptors (Lipinski definition) is 1. The van der Waals surface area contributed by atoms with Gasteiger partial charge in [0.25, 0.3) is 0 Å². The standard InChI is InChI=1S/C15H20F3NO/c1-14(2,3)12-6-4-11(5-7-12)10-19-13(20)8-9-15(16,17)18/h4-7H,8-10H2,1-3H3,(H,19,20). The van der Waals surface area contributed by atoms with E-state index in [0.717, 1.165) is 5.56 Å². The third kappa shape index (κ3) is 6.08. The fourth-order valence-electron chi connectivity index (χ4n) is 1.67. The molecule has 0 saturated heterocycles. The molecule has 0 aromatic heterocycles. The van der Waals surface area contributed by atoms with Gasteiger partial charge in [0.2, 0.25) is 5.91 Å². The second kappa shape index (κ2) is 6.29. The highest BCUT2D eigenvalue weighted by molar-refractivity contribution is 5.75. The molecule has 0 bridgehead atoms. The zero-order valence-corrected chi connectivity index (χ0v) is 12.0. The first-order valence-corrected chi connectivity index (χ1v) is 6.51. The molecule has 0 aliphatic carbocycles. The number of alkyl halides is 3. The van der Waals surface area contributed by atoms with Crippen LogP contribution in [0.25, 0.3) is 0 Å². The van der Waals surface area contributed by atoms with Crippen LogP contribution in [0.3, 0.4) is 0 Å². The number of hydrogen-bond donors (Lipinski definition) is 1. The Morgan fingerprint density at radius 3 is 2.10 bits per heavy atom. The highest BCUT2D eigenvalue weighted by Crippen LogP contribution is 2.22. The average molecular weight is 287 g/mol. The quantitative estimate of drug-likeness (QED) is 0.892. The fraction of sp³-hybridized carbons (Fsp3) is 0.533. The molecule has 1 aromatic rings. The summed E-state index contributed by atoms with van der Waals surface area (Å²) in [6.45, 7) is 6.55. The molecule has 0 aliphatic heterocycles. The highest BCUT2D eigenvalue weighted by atomic mass is 19.4. The first kappa shape index (κ1) is 16.5. The number of amides is 1. The molecule has 2 nitrogen and oxygen atoms in total. The molecule has 0 aliphatic rings. The van der Waals surface area contributed by atoms with Crippen molar-refractivity contribution in [3.63, 3.8) is 0 Å². The lowest BCUT2D eigenvalue weighted by Gasteiger charge is -2.19.